The lowest BCUT2D eigenvalue weighted by Crippen LogP contribution is -2.50. The fraction of sp³-hybridized carbons (Fsp3) is 0.667. The second-order valence-electron chi connectivity index (χ2n) is 5.84. The molecule has 1 aromatic rings. The second kappa shape index (κ2) is 5.86. The lowest BCUT2D eigenvalue weighted by molar-refractivity contribution is 0.216. The highest BCUT2D eigenvalue weighted by Crippen LogP contribution is 2.37. The van der Waals surface area contributed by atoms with Crippen molar-refractivity contribution in [2.24, 2.45) is 0 Å². The fourth-order valence-corrected chi connectivity index (χ4v) is 2.87. The highest BCUT2D eigenvalue weighted by atomic mass is 16.1. The van der Waals surface area contributed by atoms with Crippen LogP contribution in [0.3, 0.4) is 0 Å². The molecule has 6 heteroatoms. The zero-order valence-corrected chi connectivity index (χ0v) is 12.4. The smallest absolute Gasteiger partial charge is 0.252 e. The molecule has 0 bridgehead atoms. The Morgan fingerprint density at radius 2 is 2.14 bits per heavy atom. The van der Waals surface area contributed by atoms with E-state index in [4.69, 9.17) is 5.26 Å². The number of rotatable bonds is 4. The summed E-state index contributed by atoms with van der Waals surface area (Å²) in [5.41, 5.74) is -0.0622. The first-order valence-electron chi connectivity index (χ1n) is 7.71. The Balaban J connectivity index is 1.69. The number of hydrogen-bond donors (Lipinski definition) is 1. The minimum absolute atomic E-state index is 0.00121. The Bertz CT molecular complexity index is 593. The molecular formula is C15H21N5O. The molecule has 2 aliphatic rings. The lowest BCUT2D eigenvalue weighted by Gasteiger charge is -2.37. The van der Waals surface area contributed by atoms with Gasteiger partial charge in [0.05, 0.1) is 12.1 Å². The largest absolute Gasteiger partial charge is 0.354 e. The summed E-state index contributed by atoms with van der Waals surface area (Å²) in [4.78, 5) is 23.6. The van der Waals surface area contributed by atoms with Gasteiger partial charge >= 0.3 is 0 Å². The summed E-state index contributed by atoms with van der Waals surface area (Å²) in [7, 11) is 0. The van der Waals surface area contributed by atoms with Crippen LogP contribution in [0, 0.1) is 11.3 Å². The Morgan fingerprint density at radius 1 is 1.43 bits per heavy atom. The monoisotopic (exact) mass is 287 g/mol. The topological polar surface area (TPSA) is 76.0 Å². The molecule has 112 valence electrons. The third kappa shape index (κ3) is 3.08. The van der Waals surface area contributed by atoms with Crippen molar-refractivity contribution in [2.45, 2.75) is 38.1 Å². The molecule has 1 aliphatic heterocycles. The van der Waals surface area contributed by atoms with E-state index in [9.17, 15) is 4.79 Å². The average molecular weight is 287 g/mol. The standard InChI is InChI=1S/C15H21N5O/c1-2-12(10-16)19-5-7-20(8-6-19)13-9-14(21)18-15(17-13)11-3-4-11/h9,11-12H,2-8H2,1H3,(H,17,18,21). The highest BCUT2D eigenvalue weighted by Gasteiger charge is 2.28. The van der Waals surface area contributed by atoms with Gasteiger partial charge in [0.1, 0.15) is 11.6 Å². The minimum Gasteiger partial charge on any atom is -0.354 e. The van der Waals surface area contributed by atoms with Gasteiger partial charge in [0, 0.05) is 38.2 Å². The van der Waals surface area contributed by atoms with Crippen molar-refractivity contribution in [2.75, 3.05) is 31.1 Å². The van der Waals surface area contributed by atoms with Crippen LogP contribution in [0.4, 0.5) is 5.82 Å². The van der Waals surface area contributed by atoms with E-state index in [-0.39, 0.29) is 11.6 Å². The van der Waals surface area contributed by atoms with Gasteiger partial charge < -0.3 is 9.88 Å². The van der Waals surface area contributed by atoms with E-state index in [1.54, 1.807) is 6.07 Å². The van der Waals surface area contributed by atoms with E-state index >= 15 is 0 Å². The molecular weight excluding hydrogens is 266 g/mol. The first kappa shape index (κ1) is 14.1. The van der Waals surface area contributed by atoms with Gasteiger partial charge in [-0.25, -0.2) is 4.98 Å². The number of nitrogens with one attached hydrogen (secondary N) is 1. The summed E-state index contributed by atoms with van der Waals surface area (Å²) in [6, 6.07) is 3.94. The van der Waals surface area contributed by atoms with Crippen molar-refractivity contribution in [3.63, 3.8) is 0 Å². The second-order valence-corrected chi connectivity index (χ2v) is 5.84. The molecule has 6 nitrogen and oxygen atoms in total. The molecule has 1 N–H and O–H groups in total. The number of hydrogen-bond acceptors (Lipinski definition) is 5. The summed E-state index contributed by atoms with van der Waals surface area (Å²) >= 11 is 0. The number of aromatic nitrogens is 2. The molecule has 2 fully saturated rings. The van der Waals surface area contributed by atoms with Gasteiger partial charge in [-0.3, -0.25) is 9.69 Å². The van der Waals surface area contributed by atoms with Crippen LogP contribution in [0.2, 0.25) is 0 Å². The Morgan fingerprint density at radius 3 is 2.71 bits per heavy atom. The van der Waals surface area contributed by atoms with E-state index in [2.05, 4.69) is 25.8 Å². The van der Waals surface area contributed by atoms with Crippen LogP contribution in [0.15, 0.2) is 10.9 Å². The van der Waals surface area contributed by atoms with Crippen molar-refractivity contribution in [3.05, 3.63) is 22.2 Å². The van der Waals surface area contributed by atoms with E-state index < -0.39 is 0 Å². The molecule has 1 atom stereocenters. The predicted octanol–water partition coefficient (Wildman–Crippen LogP) is 1.07. The van der Waals surface area contributed by atoms with Crippen molar-refractivity contribution in [1.29, 1.82) is 5.26 Å². The molecule has 0 radical (unpaired) electrons. The number of nitriles is 1. The summed E-state index contributed by atoms with van der Waals surface area (Å²) < 4.78 is 0. The van der Waals surface area contributed by atoms with Crippen LogP contribution in [0.25, 0.3) is 0 Å². The van der Waals surface area contributed by atoms with Gasteiger partial charge in [-0.15, -0.1) is 0 Å². The van der Waals surface area contributed by atoms with E-state index in [0.29, 0.717) is 5.92 Å². The fourth-order valence-electron chi connectivity index (χ4n) is 2.87. The number of nitrogens with zero attached hydrogens (tertiary/aromatic N) is 4. The molecule has 1 aromatic heterocycles. The van der Waals surface area contributed by atoms with Crippen molar-refractivity contribution in [1.82, 2.24) is 14.9 Å². The molecule has 1 saturated carbocycles. The zero-order chi connectivity index (χ0) is 14.8. The minimum atomic E-state index is -0.0622. The normalized spacial score (nSPS) is 21.0. The molecule has 0 spiro atoms. The molecule has 21 heavy (non-hydrogen) atoms. The number of H-pyrrole nitrogens is 1. The quantitative estimate of drug-likeness (QED) is 0.896. The molecule has 2 heterocycles. The Hall–Kier alpha value is -1.87. The maximum absolute atomic E-state index is 11.8. The first-order valence-corrected chi connectivity index (χ1v) is 7.71. The summed E-state index contributed by atoms with van der Waals surface area (Å²) in [5, 5.41) is 9.14. The Kier molecular flexibility index (Phi) is 3.93. The summed E-state index contributed by atoms with van der Waals surface area (Å²) in [5.74, 6) is 2.07. The van der Waals surface area contributed by atoms with Gasteiger partial charge in [0.15, 0.2) is 0 Å². The molecule has 0 aromatic carbocycles. The summed E-state index contributed by atoms with van der Waals surface area (Å²) in [6.07, 6.45) is 3.10. The molecule has 1 aliphatic carbocycles. The molecule has 3 rings (SSSR count). The van der Waals surface area contributed by atoms with Crippen LogP contribution >= 0.6 is 0 Å². The predicted molar refractivity (Wildman–Crippen MR) is 80.3 cm³/mol. The number of piperazine rings is 1. The van der Waals surface area contributed by atoms with Crippen LogP contribution in [-0.2, 0) is 0 Å². The number of anilines is 1. The third-order valence-corrected chi connectivity index (χ3v) is 4.33. The highest BCUT2D eigenvalue weighted by molar-refractivity contribution is 5.39. The third-order valence-electron chi connectivity index (χ3n) is 4.33. The molecule has 1 unspecified atom stereocenters. The maximum atomic E-state index is 11.8. The average Bonchev–Trinajstić information content (AvgIpc) is 3.33. The van der Waals surface area contributed by atoms with Crippen LogP contribution in [0.5, 0.6) is 0 Å². The van der Waals surface area contributed by atoms with Crippen molar-refractivity contribution < 1.29 is 0 Å². The van der Waals surface area contributed by atoms with E-state index in [1.807, 2.05) is 6.92 Å². The Labute approximate surface area is 124 Å². The van der Waals surface area contributed by atoms with E-state index in [0.717, 1.165) is 57.1 Å². The van der Waals surface area contributed by atoms with Gasteiger partial charge in [-0.05, 0) is 19.3 Å². The lowest BCUT2D eigenvalue weighted by atomic mass is 10.2. The van der Waals surface area contributed by atoms with Crippen molar-refractivity contribution in [3.8, 4) is 6.07 Å². The summed E-state index contributed by atoms with van der Waals surface area (Å²) in [6.45, 7) is 5.37. The number of aromatic amines is 1. The first-order chi connectivity index (χ1) is 10.2. The van der Waals surface area contributed by atoms with Gasteiger partial charge in [0.2, 0.25) is 0 Å². The molecule has 1 saturated heterocycles. The van der Waals surface area contributed by atoms with Gasteiger partial charge in [0.25, 0.3) is 5.56 Å². The SMILES string of the molecule is CCC(C#N)N1CCN(c2cc(=O)[nH]c(C3CC3)n2)CC1. The maximum Gasteiger partial charge on any atom is 0.252 e. The molecule has 0 amide bonds. The zero-order valence-electron chi connectivity index (χ0n) is 12.4. The van der Waals surface area contributed by atoms with Crippen LogP contribution in [-0.4, -0.2) is 47.1 Å². The van der Waals surface area contributed by atoms with Crippen molar-refractivity contribution >= 4 is 5.82 Å². The van der Waals surface area contributed by atoms with Gasteiger partial charge in [-0.2, -0.15) is 5.26 Å². The van der Waals surface area contributed by atoms with Crippen LogP contribution in [0.1, 0.15) is 37.9 Å². The van der Waals surface area contributed by atoms with Crippen LogP contribution < -0.4 is 10.5 Å². The van der Waals surface area contributed by atoms with E-state index in [1.165, 1.54) is 0 Å². The van der Waals surface area contributed by atoms with Gasteiger partial charge in [-0.1, -0.05) is 6.92 Å².